The van der Waals surface area contributed by atoms with Crippen LogP contribution in [0.1, 0.15) is 29.3 Å². The van der Waals surface area contributed by atoms with Crippen molar-refractivity contribution in [2.24, 2.45) is 5.92 Å². The highest BCUT2D eigenvalue weighted by Crippen LogP contribution is 2.27. The summed E-state index contributed by atoms with van der Waals surface area (Å²) in [4.78, 5) is 25.3. The Labute approximate surface area is 120 Å². The van der Waals surface area contributed by atoms with Crippen molar-refractivity contribution in [3.05, 3.63) is 33.8 Å². The number of benzene rings is 1. The van der Waals surface area contributed by atoms with Crippen molar-refractivity contribution in [1.82, 2.24) is 4.90 Å². The van der Waals surface area contributed by atoms with E-state index < -0.39 is 11.9 Å². The Kier molecular flexibility index (Phi) is 3.94. The second-order valence-electron chi connectivity index (χ2n) is 4.93. The van der Waals surface area contributed by atoms with E-state index in [4.69, 9.17) is 5.11 Å². The molecule has 1 fully saturated rings. The van der Waals surface area contributed by atoms with Crippen LogP contribution < -0.4 is 0 Å². The molecule has 2 unspecified atom stereocenters. The van der Waals surface area contributed by atoms with E-state index >= 15 is 0 Å². The van der Waals surface area contributed by atoms with E-state index in [0.29, 0.717) is 18.5 Å². The standard InChI is InChI=1S/C14H16BrNO3/c1-8-3-4-10(15)7-12(8)13(17)16-6-5-11(9(16)2)14(18)19/h3-4,7,9,11H,5-6H2,1-2H3,(H,18,19). The molecule has 0 spiro atoms. The van der Waals surface area contributed by atoms with Gasteiger partial charge in [0.25, 0.3) is 5.91 Å². The fourth-order valence-corrected chi connectivity index (χ4v) is 2.90. The van der Waals surface area contributed by atoms with Crippen molar-refractivity contribution in [2.45, 2.75) is 26.3 Å². The van der Waals surface area contributed by atoms with E-state index in [2.05, 4.69) is 15.9 Å². The summed E-state index contributed by atoms with van der Waals surface area (Å²) in [6.45, 7) is 4.19. The Morgan fingerprint density at radius 1 is 1.42 bits per heavy atom. The number of carboxylic acid groups (broad SMARTS) is 1. The number of nitrogens with zero attached hydrogens (tertiary/aromatic N) is 1. The first-order chi connectivity index (χ1) is 8.91. The normalized spacial score (nSPS) is 22.6. The fraction of sp³-hybridized carbons (Fsp3) is 0.429. The maximum absolute atomic E-state index is 12.5. The first-order valence-corrected chi connectivity index (χ1v) is 7.01. The number of halogens is 1. The van der Waals surface area contributed by atoms with Gasteiger partial charge in [0, 0.05) is 22.6 Å². The van der Waals surface area contributed by atoms with Gasteiger partial charge < -0.3 is 10.0 Å². The molecule has 0 aliphatic carbocycles. The Bertz CT molecular complexity index is 529. The van der Waals surface area contributed by atoms with Crippen LogP contribution in [0.3, 0.4) is 0 Å². The number of rotatable bonds is 2. The molecule has 0 saturated carbocycles. The highest BCUT2D eigenvalue weighted by Gasteiger charge is 2.38. The van der Waals surface area contributed by atoms with E-state index in [1.54, 1.807) is 17.9 Å². The highest BCUT2D eigenvalue weighted by molar-refractivity contribution is 9.10. The van der Waals surface area contributed by atoms with Gasteiger partial charge >= 0.3 is 5.97 Å². The first kappa shape index (κ1) is 14.1. The summed E-state index contributed by atoms with van der Waals surface area (Å²) < 4.78 is 0.850. The molecule has 1 amide bonds. The molecule has 19 heavy (non-hydrogen) atoms. The van der Waals surface area contributed by atoms with Gasteiger partial charge in [-0.25, -0.2) is 0 Å². The molecule has 2 atom stereocenters. The van der Waals surface area contributed by atoms with Crippen LogP contribution in [0.5, 0.6) is 0 Å². The zero-order chi connectivity index (χ0) is 14.2. The van der Waals surface area contributed by atoms with Crippen molar-refractivity contribution >= 4 is 27.8 Å². The van der Waals surface area contributed by atoms with Crippen LogP contribution in [0, 0.1) is 12.8 Å². The second kappa shape index (κ2) is 5.33. The molecular formula is C14H16BrNO3. The number of carbonyl (C=O) groups excluding carboxylic acids is 1. The van der Waals surface area contributed by atoms with Gasteiger partial charge in [0.15, 0.2) is 0 Å². The molecule has 0 aromatic heterocycles. The van der Waals surface area contributed by atoms with Crippen molar-refractivity contribution in [3.8, 4) is 0 Å². The minimum absolute atomic E-state index is 0.0879. The van der Waals surface area contributed by atoms with Crippen LogP contribution in [0.2, 0.25) is 0 Å². The van der Waals surface area contributed by atoms with Crippen molar-refractivity contribution in [3.63, 3.8) is 0 Å². The van der Waals surface area contributed by atoms with Crippen molar-refractivity contribution in [1.29, 1.82) is 0 Å². The summed E-state index contributed by atoms with van der Waals surface area (Å²) in [5.74, 6) is -1.37. The zero-order valence-electron chi connectivity index (χ0n) is 10.9. The monoisotopic (exact) mass is 325 g/mol. The second-order valence-corrected chi connectivity index (χ2v) is 5.85. The van der Waals surface area contributed by atoms with Crippen LogP contribution in [0.15, 0.2) is 22.7 Å². The minimum atomic E-state index is -0.825. The van der Waals surface area contributed by atoms with Crippen molar-refractivity contribution < 1.29 is 14.7 Å². The van der Waals surface area contributed by atoms with E-state index in [1.807, 2.05) is 19.1 Å². The quantitative estimate of drug-likeness (QED) is 0.909. The summed E-state index contributed by atoms with van der Waals surface area (Å²) in [6.07, 6.45) is 0.523. The van der Waals surface area contributed by atoms with Gasteiger partial charge in [-0.15, -0.1) is 0 Å². The minimum Gasteiger partial charge on any atom is -0.481 e. The molecule has 1 aromatic rings. The lowest BCUT2D eigenvalue weighted by molar-refractivity contribution is -0.142. The van der Waals surface area contributed by atoms with Gasteiger partial charge in [0.1, 0.15) is 0 Å². The summed E-state index contributed by atoms with van der Waals surface area (Å²) in [5, 5.41) is 9.11. The van der Waals surface area contributed by atoms with E-state index in [0.717, 1.165) is 10.0 Å². The average Bonchev–Trinajstić information content (AvgIpc) is 2.73. The number of aryl methyl sites for hydroxylation is 1. The molecule has 1 aliphatic rings. The SMILES string of the molecule is Cc1ccc(Br)cc1C(=O)N1CCC(C(=O)O)C1C. The smallest absolute Gasteiger partial charge is 0.308 e. The number of hydrogen-bond donors (Lipinski definition) is 1. The Balaban J connectivity index is 2.26. The molecule has 102 valence electrons. The van der Waals surface area contributed by atoms with Crippen LogP contribution in [-0.4, -0.2) is 34.5 Å². The summed E-state index contributed by atoms with van der Waals surface area (Å²) >= 11 is 3.36. The number of carboxylic acids is 1. The molecular weight excluding hydrogens is 310 g/mol. The maximum Gasteiger partial charge on any atom is 0.308 e. The molecule has 0 radical (unpaired) electrons. The third-order valence-electron chi connectivity index (χ3n) is 3.76. The van der Waals surface area contributed by atoms with Crippen LogP contribution in [0.4, 0.5) is 0 Å². The predicted octanol–water partition coefficient (Wildman–Crippen LogP) is 2.69. The molecule has 5 heteroatoms. The zero-order valence-corrected chi connectivity index (χ0v) is 12.5. The number of carbonyl (C=O) groups is 2. The fourth-order valence-electron chi connectivity index (χ4n) is 2.54. The Hall–Kier alpha value is -1.36. The number of likely N-dealkylation sites (tertiary alicyclic amines) is 1. The van der Waals surface area contributed by atoms with Crippen LogP contribution in [0.25, 0.3) is 0 Å². The molecule has 2 rings (SSSR count). The summed E-state index contributed by atoms with van der Waals surface area (Å²) in [5.41, 5.74) is 1.53. The van der Waals surface area contributed by atoms with Gasteiger partial charge in [-0.3, -0.25) is 9.59 Å². The third kappa shape index (κ3) is 2.66. The summed E-state index contributed by atoms with van der Waals surface area (Å²) in [6, 6.07) is 5.30. The maximum atomic E-state index is 12.5. The van der Waals surface area contributed by atoms with E-state index in [1.165, 1.54) is 0 Å². The Morgan fingerprint density at radius 3 is 2.68 bits per heavy atom. The van der Waals surface area contributed by atoms with Gasteiger partial charge in [0.05, 0.1) is 5.92 Å². The molecule has 4 nitrogen and oxygen atoms in total. The van der Waals surface area contributed by atoms with Crippen molar-refractivity contribution in [2.75, 3.05) is 6.54 Å². The van der Waals surface area contributed by atoms with E-state index in [-0.39, 0.29) is 11.9 Å². The van der Waals surface area contributed by atoms with Gasteiger partial charge in [-0.2, -0.15) is 0 Å². The lowest BCUT2D eigenvalue weighted by atomic mass is 10.0. The lowest BCUT2D eigenvalue weighted by Gasteiger charge is -2.24. The molecule has 1 aliphatic heterocycles. The molecule has 0 bridgehead atoms. The topological polar surface area (TPSA) is 57.6 Å². The van der Waals surface area contributed by atoms with Gasteiger partial charge in [-0.05, 0) is 38.0 Å². The van der Waals surface area contributed by atoms with E-state index in [9.17, 15) is 9.59 Å². The van der Waals surface area contributed by atoms with Crippen LogP contribution in [-0.2, 0) is 4.79 Å². The lowest BCUT2D eigenvalue weighted by Crippen LogP contribution is -2.37. The molecule has 1 saturated heterocycles. The molecule has 1 heterocycles. The largest absolute Gasteiger partial charge is 0.481 e. The number of hydrogen-bond acceptors (Lipinski definition) is 2. The molecule has 1 aromatic carbocycles. The third-order valence-corrected chi connectivity index (χ3v) is 4.26. The molecule has 1 N–H and O–H groups in total. The predicted molar refractivity (Wildman–Crippen MR) is 75.1 cm³/mol. The van der Waals surface area contributed by atoms with Gasteiger partial charge in [0.2, 0.25) is 0 Å². The average molecular weight is 326 g/mol. The highest BCUT2D eigenvalue weighted by atomic mass is 79.9. The van der Waals surface area contributed by atoms with Gasteiger partial charge in [-0.1, -0.05) is 22.0 Å². The summed E-state index contributed by atoms with van der Waals surface area (Å²) in [7, 11) is 0. The number of amides is 1. The van der Waals surface area contributed by atoms with Crippen LogP contribution >= 0.6 is 15.9 Å². The Morgan fingerprint density at radius 2 is 2.11 bits per heavy atom. The number of aliphatic carboxylic acids is 1. The first-order valence-electron chi connectivity index (χ1n) is 6.21.